The minimum absolute atomic E-state index is 0.216. The van der Waals surface area contributed by atoms with E-state index in [1.165, 1.54) is 0 Å². The van der Waals surface area contributed by atoms with Gasteiger partial charge in [0.15, 0.2) is 11.6 Å². The Bertz CT molecular complexity index is 673. The van der Waals surface area contributed by atoms with Gasteiger partial charge >= 0.3 is 0 Å². The number of rotatable bonds is 2. The van der Waals surface area contributed by atoms with Crippen LogP contribution in [0.2, 0.25) is 0 Å². The standard InChI is InChI=1S/C15H20N8/c1-10-20(3)14-12(5-16-7-18-14)22(10)9-23-11(2)21(4)15-13(23)6-17-8-19-15/h5-8,10-11H,9H2,1-4H3/t10-,11+. The van der Waals surface area contributed by atoms with Crippen LogP contribution in [0.4, 0.5) is 23.0 Å². The highest BCUT2D eigenvalue weighted by Gasteiger charge is 2.38. The molecular weight excluding hydrogens is 292 g/mol. The molecule has 2 atom stereocenters. The van der Waals surface area contributed by atoms with Crippen LogP contribution in [-0.4, -0.2) is 53.0 Å². The van der Waals surface area contributed by atoms with Gasteiger partial charge in [-0.25, -0.2) is 19.9 Å². The van der Waals surface area contributed by atoms with Crippen molar-refractivity contribution in [1.29, 1.82) is 0 Å². The van der Waals surface area contributed by atoms with E-state index in [1.54, 1.807) is 12.7 Å². The van der Waals surface area contributed by atoms with E-state index in [0.29, 0.717) is 0 Å². The molecule has 2 aromatic rings. The fourth-order valence-corrected chi connectivity index (χ4v) is 3.31. The smallest absolute Gasteiger partial charge is 0.157 e. The average Bonchev–Trinajstić information content (AvgIpc) is 2.97. The summed E-state index contributed by atoms with van der Waals surface area (Å²) >= 11 is 0. The van der Waals surface area contributed by atoms with E-state index in [-0.39, 0.29) is 12.3 Å². The molecule has 0 unspecified atom stereocenters. The van der Waals surface area contributed by atoms with Crippen molar-refractivity contribution >= 4 is 23.0 Å². The minimum atomic E-state index is 0.216. The van der Waals surface area contributed by atoms with Crippen molar-refractivity contribution in [3.05, 3.63) is 25.0 Å². The molecule has 4 heterocycles. The zero-order chi connectivity index (χ0) is 16.1. The Morgan fingerprint density at radius 3 is 1.70 bits per heavy atom. The molecule has 0 aromatic carbocycles. The lowest BCUT2D eigenvalue weighted by Gasteiger charge is -2.34. The summed E-state index contributed by atoms with van der Waals surface area (Å²) in [7, 11) is 4.13. The van der Waals surface area contributed by atoms with Crippen LogP contribution in [0.1, 0.15) is 13.8 Å². The van der Waals surface area contributed by atoms with Gasteiger partial charge in [-0.15, -0.1) is 0 Å². The SMILES string of the molecule is C[C@@H]1N(C)c2ncncc2N1CN1c2cncnc2N(C)[C@@H]1C. The van der Waals surface area contributed by atoms with Crippen LogP contribution in [0.5, 0.6) is 0 Å². The zero-order valence-electron chi connectivity index (χ0n) is 13.7. The molecule has 2 aliphatic rings. The Morgan fingerprint density at radius 2 is 1.26 bits per heavy atom. The highest BCUT2D eigenvalue weighted by Crippen LogP contribution is 2.40. The van der Waals surface area contributed by atoms with Crippen LogP contribution in [0.25, 0.3) is 0 Å². The third-order valence-electron chi connectivity index (χ3n) is 4.96. The molecule has 23 heavy (non-hydrogen) atoms. The Hall–Kier alpha value is -2.64. The normalized spacial score (nSPS) is 22.6. The summed E-state index contributed by atoms with van der Waals surface area (Å²) in [5.74, 6) is 1.94. The number of nitrogens with zero attached hydrogens (tertiary/aromatic N) is 8. The summed E-state index contributed by atoms with van der Waals surface area (Å²) in [5.41, 5.74) is 2.12. The van der Waals surface area contributed by atoms with E-state index in [1.807, 2.05) is 12.4 Å². The lowest BCUT2D eigenvalue weighted by molar-refractivity contribution is 0.591. The topological polar surface area (TPSA) is 64.5 Å². The van der Waals surface area contributed by atoms with Gasteiger partial charge in [-0.2, -0.15) is 0 Å². The van der Waals surface area contributed by atoms with Crippen molar-refractivity contribution in [2.45, 2.75) is 26.2 Å². The highest BCUT2D eigenvalue weighted by atomic mass is 15.5. The summed E-state index contributed by atoms with van der Waals surface area (Å²) in [6.45, 7) is 5.08. The molecule has 0 spiro atoms. The molecule has 2 aromatic heterocycles. The number of hydrogen-bond donors (Lipinski definition) is 0. The van der Waals surface area contributed by atoms with Crippen LogP contribution >= 0.6 is 0 Å². The predicted molar refractivity (Wildman–Crippen MR) is 89.6 cm³/mol. The number of aromatic nitrogens is 4. The summed E-state index contributed by atoms with van der Waals surface area (Å²) in [6, 6.07) is 0. The predicted octanol–water partition coefficient (Wildman–Crippen LogP) is 1.13. The summed E-state index contributed by atoms with van der Waals surface area (Å²) in [5, 5.41) is 0. The van der Waals surface area contributed by atoms with Gasteiger partial charge in [0.05, 0.1) is 19.1 Å². The molecule has 0 fully saturated rings. The van der Waals surface area contributed by atoms with E-state index in [0.717, 1.165) is 29.7 Å². The van der Waals surface area contributed by atoms with Crippen molar-refractivity contribution in [3.63, 3.8) is 0 Å². The maximum atomic E-state index is 4.41. The first-order valence-electron chi connectivity index (χ1n) is 7.68. The maximum Gasteiger partial charge on any atom is 0.157 e. The Labute approximate surface area is 135 Å². The molecule has 0 aliphatic carbocycles. The molecule has 0 N–H and O–H groups in total. The lowest BCUT2D eigenvalue weighted by atomic mass is 10.4. The molecule has 2 aliphatic heterocycles. The molecule has 0 saturated carbocycles. The fraction of sp³-hybridized carbons (Fsp3) is 0.467. The van der Waals surface area contributed by atoms with E-state index in [9.17, 15) is 0 Å². The van der Waals surface area contributed by atoms with Crippen LogP contribution < -0.4 is 19.6 Å². The average molecular weight is 312 g/mol. The van der Waals surface area contributed by atoms with Gasteiger partial charge in [-0.1, -0.05) is 0 Å². The van der Waals surface area contributed by atoms with Crippen LogP contribution in [0, 0.1) is 0 Å². The highest BCUT2D eigenvalue weighted by molar-refractivity contribution is 5.76. The van der Waals surface area contributed by atoms with E-state index in [2.05, 4.69) is 67.5 Å². The van der Waals surface area contributed by atoms with Crippen molar-refractivity contribution in [2.75, 3.05) is 40.4 Å². The maximum absolute atomic E-state index is 4.41. The largest absolute Gasteiger partial charge is 0.338 e. The molecule has 0 saturated heterocycles. The molecule has 8 nitrogen and oxygen atoms in total. The summed E-state index contributed by atoms with van der Waals surface area (Å²) in [4.78, 5) is 26.2. The fourth-order valence-electron chi connectivity index (χ4n) is 3.31. The Balaban J connectivity index is 1.69. The quantitative estimate of drug-likeness (QED) is 0.818. The third-order valence-corrected chi connectivity index (χ3v) is 4.96. The first kappa shape index (κ1) is 14.0. The van der Waals surface area contributed by atoms with E-state index >= 15 is 0 Å². The molecular formula is C15H20N8. The molecule has 0 amide bonds. The van der Waals surface area contributed by atoms with Crippen LogP contribution in [0.15, 0.2) is 25.0 Å². The second-order valence-corrected chi connectivity index (χ2v) is 6.03. The molecule has 0 radical (unpaired) electrons. The molecule has 0 bridgehead atoms. The second-order valence-electron chi connectivity index (χ2n) is 6.03. The monoisotopic (exact) mass is 312 g/mol. The minimum Gasteiger partial charge on any atom is -0.338 e. The molecule has 8 heteroatoms. The van der Waals surface area contributed by atoms with Gasteiger partial charge in [-0.05, 0) is 13.8 Å². The first-order chi connectivity index (χ1) is 11.1. The Kier molecular flexibility index (Phi) is 3.00. The first-order valence-corrected chi connectivity index (χ1v) is 7.68. The third kappa shape index (κ3) is 1.90. The molecule has 120 valence electrons. The number of anilines is 4. The van der Waals surface area contributed by atoms with E-state index < -0.39 is 0 Å². The van der Waals surface area contributed by atoms with Crippen molar-refractivity contribution in [1.82, 2.24) is 19.9 Å². The van der Waals surface area contributed by atoms with Gasteiger partial charge < -0.3 is 19.6 Å². The van der Waals surface area contributed by atoms with Crippen molar-refractivity contribution in [2.24, 2.45) is 0 Å². The van der Waals surface area contributed by atoms with Crippen LogP contribution in [-0.2, 0) is 0 Å². The van der Waals surface area contributed by atoms with Gasteiger partial charge in [0.1, 0.15) is 36.4 Å². The van der Waals surface area contributed by atoms with Gasteiger partial charge in [0, 0.05) is 14.1 Å². The number of fused-ring (bicyclic) bond motifs is 2. The second kappa shape index (κ2) is 4.94. The van der Waals surface area contributed by atoms with Crippen molar-refractivity contribution < 1.29 is 0 Å². The zero-order valence-corrected chi connectivity index (χ0v) is 13.7. The number of hydrogen-bond acceptors (Lipinski definition) is 8. The Morgan fingerprint density at radius 1 is 0.826 bits per heavy atom. The lowest BCUT2D eigenvalue weighted by Crippen LogP contribution is -2.49. The van der Waals surface area contributed by atoms with Gasteiger partial charge in [0.25, 0.3) is 0 Å². The van der Waals surface area contributed by atoms with Crippen molar-refractivity contribution in [3.8, 4) is 0 Å². The van der Waals surface area contributed by atoms with Gasteiger partial charge in [-0.3, -0.25) is 0 Å². The summed E-state index contributed by atoms with van der Waals surface area (Å²) in [6.07, 6.45) is 7.40. The summed E-state index contributed by atoms with van der Waals surface area (Å²) < 4.78 is 0. The van der Waals surface area contributed by atoms with Crippen LogP contribution in [0.3, 0.4) is 0 Å². The van der Waals surface area contributed by atoms with Gasteiger partial charge in [0.2, 0.25) is 0 Å². The molecule has 4 rings (SSSR count). The van der Waals surface area contributed by atoms with E-state index in [4.69, 9.17) is 0 Å².